The Kier molecular flexibility index (Phi) is 5.43. The fourth-order valence-corrected chi connectivity index (χ4v) is 3.56. The number of fused-ring (bicyclic) bond motifs is 1. The van der Waals surface area contributed by atoms with Crippen molar-refractivity contribution in [2.24, 2.45) is 0 Å². The number of nitrogens with zero attached hydrogens (tertiary/aromatic N) is 2. The fourth-order valence-electron chi connectivity index (χ4n) is 3.56. The zero-order valence-electron chi connectivity index (χ0n) is 17.2. The number of anilines is 1. The minimum absolute atomic E-state index is 0.126. The Hall–Kier alpha value is -3.74. The lowest BCUT2D eigenvalue weighted by molar-refractivity contribution is -0.115. The van der Waals surface area contributed by atoms with E-state index >= 15 is 0 Å². The normalized spacial score (nSPS) is 10.9. The second-order valence-electron chi connectivity index (χ2n) is 6.94. The Balaban J connectivity index is 1.53. The first-order valence-electron chi connectivity index (χ1n) is 9.77. The van der Waals surface area contributed by atoms with Crippen LogP contribution in [0.2, 0.25) is 0 Å². The molecule has 0 aliphatic heterocycles. The first-order valence-corrected chi connectivity index (χ1v) is 9.77. The molecule has 0 saturated carbocycles. The number of H-pyrrole nitrogens is 1. The molecule has 2 aromatic heterocycles. The van der Waals surface area contributed by atoms with Crippen LogP contribution in [0.1, 0.15) is 12.5 Å². The van der Waals surface area contributed by atoms with Gasteiger partial charge in [-0.25, -0.2) is 0 Å². The highest BCUT2D eigenvalue weighted by atomic mass is 16.5. The lowest BCUT2D eigenvalue weighted by Crippen LogP contribution is -2.14. The van der Waals surface area contributed by atoms with Crippen molar-refractivity contribution in [1.82, 2.24) is 14.8 Å². The first-order chi connectivity index (χ1) is 14.6. The zero-order valence-corrected chi connectivity index (χ0v) is 17.2. The summed E-state index contributed by atoms with van der Waals surface area (Å²) in [5, 5.41) is 11.3. The number of hydrogen-bond donors (Lipinski definition) is 2. The average molecular weight is 404 g/mol. The second-order valence-corrected chi connectivity index (χ2v) is 6.94. The molecular formula is C23H24N4O3. The van der Waals surface area contributed by atoms with Gasteiger partial charge in [0.05, 0.1) is 37.5 Å². The highest BCUT2D eigenvalue weighted by Crippen LogP contribution is 2.30. The van der Waals surface area contributed by atoms with Crippen LogP contribution in [0.15, 0.2) is 54.6 Å². The molecule has 1 amide bonds. The monoisotopic (exact) mass is 404 g/mol. The van der Waals surface area contributed by atoms with Crippen molar-refractivity contribution >= 4 is 22.6 Å². The van der Waals surface area contributed by atoms with E-state index in [-0.39, 0.29) is 12.3 Å². The van der Waals surface area contributed by atoms with Gasteiger partial charge in [0.25, 0.3) is 0 Å². The van der Waals surface area contributed by atoms with Gasteiger partial charge in [0.2, 0.25) is 5.91 Å². The summed E-state index contributed by atoms with van der Waals surface area (Å²) in [6.45, 7) is 2.89. The lowest BCUT2D eigenvalue weighted by Gasteiger charge is -2.07. The molecule has 0 aliphatic rings. The molecule has 0 atom stereocenters. The minimum atomic E-state index is -0.126. The molecule has 0 saturated heterocycles. The molecular weight excluding hydrogens is 380 g/mol. The van der Waals surface area contributed by atoms with Gasteiger partial charge in [-0.2, -0.15) is 5.10 Å². The largest absolute Gasteiger partial charge is 0.497 e. The maximum atomic E-state index is 12.4. The number of carbonyl (C=O) groups excluding carboxylic acids is 1. The molecule has 4 aromatic rings. The number of methoxy groups -OCH3 is 2. The number of amides is 1. The summed E-state index contributed by atoms with van der Waals surface area (Å²) in [5.41, 5.74) is 3.84. The molecule has 2 aromatic carbocycles. The van der Waals surface area contributed by atoms with Crippen molar-refractivity contribution < 1.29 is 14.3 Å². The van der Waals surface area contributed by atoms with E-state index in [9.17, 15) is 4.79 Å². The van der Waals surface area contributed by atoms with Crippen molar-refractivity contribution in [1.29, 1.82) is 0 Å². The summed E-state index contributed by atoms with van der Waals surface area (Å²) in [6, 6.07) is 17.4. The van der Waals surface area contributed by atoms with Gasteiger partial charge < -0.3 is 19.4 Å². The smallest absolute Gasteiger partial charge is 0.229 e. The number of aromatic amines is 1. The van der Waals surface area contributed by atoms with E-state index in [1.165, 1.54) is 0 Å². The third-order valence-electron chi connectivity index (χ3n) is 5.07. The van der Waals surface area contributed by atoms with E-state index in [0.29, 0.717) is 5.82 Å². The van der Waals surface area contributed by atoms with Gasteiger partial charge in [0.1, 0.15) is 11.5 Å². The van der Waals surface area contributed by atoms with Crippen LogP contribution in [0, 0.1) is 0 Å². The molecule has 4 rings (SSSR count). The number of carbonyl (C=O) groups is 1. The van der Waals surface area contributed by atoms with Crippen molar-refractivity contribution in [2.45, 2.75) is 19.9 Å². The van der Waals surface area contributed by atoms with Gasteiger partial charge in [-0.1, -0.05) is 12.1 Å². The summed E-state index contributed by atoms with van der Waals surface area (Å²) in [6.07, 6.45) is 0.265. The molecule has 0 fully saturated rings. The molecule has 2 N–H and O–H groups in total. The summed E-state index contributed by atoms with van der Waals surface area (Å²) < 4.78 is 12.7. The Morgan fingerprint density at radius 1 is 1.03 bits per heavy atom. The molecule has 0 bridgehead atoms. The predicted molar refractivity (Wildman–Crippen MR) is 117 cm³/mol. The Labute approximate surface area is 174 Å². The van der Waals surface area contributed by atoms with Gasteiger partial charge >= 0.3 is 0 Å². The van der Waals surface area contributed by atoms with Crippen LogP contribution in [0.5, 0.6) is 11.5 Å². The van der Waals surface area contributed by atoms with Crippen molar-refractivity contribution in [3.8, 4) is 22.9 Å². The molecule has 0 spiro atoms. The summed E-state index contributed by atoms with van der Waals surface area (Å²) in [5.74, 6) is 1.95. The average Bonchev–Trinajstić information content (AvgIpc) is 3.37. The Morgan fingerprint density at radius 3 is 2.47 bits per heavy atom. The van der Waals surface area contributed by atoms with Crippen molar-refractivity contribution in [3.63, 3.8) is 0 Å². The quantitative estimate of drug-likeness (QED) is 0.483. The van der Waals surface area contributed by atoms with Crippen LogP contribution in [0.3, 0.4) is 0 Å². The molecule has 7 heteroatoms. The van der Waals surface area contributed by atoms with Gasteiger partial charge in [-0.15, -0.1) is 0 Å². The number of aryl methyl sites for hydroxylation is 1. The summed E-state index contributed by atoms with van der Waals surface area (Å²) >= 11 is 0. The molecule has 2 heterocycles. The highest BCUT2D eigenvalue weighted by Gasteiger charge is 2.14. The molecule has 0 aliphatic carbocycles. The number of benzene rings is 2. The number of ether oxygens (including phenoxy) is 2. The van der Waals surface area contributed by atoms with Crippen molar-refractivity contribution in [3.05, 3.63) is 60.2 Å². The summed E-state index contributed by atoms with van der Waals surface area (Å²) in [7, 11) is 3.28. The van der Waals surface area contributed by atoms with Crippen LogP contribution in [0.25, 0.3) is 22.3 Å². The minimum Gasteiger partial charge on any atom is -0.497 e. The molecule has 0 unspecified atom stereocenters. The van der Waals surface area contributed by atoms with Crippen LogP contribution >= 0.6 is 0 Å². The molecule has 7 nitrogen and oxygen atoms in total. The maximum Gasteiger partial charge on any atom is 0.229 e. The van der Waals surface area contributed by atoms with Gasteiger partial charge in [-0.05, 0) is 42.8 Å². The number of hydrogen-bond acceptors (Lipinski definition) is 4. The Bertz CT molecular complexity index is 1180. The second kappa shape index (κ2) is 8.32. The van der Waals surface area contributed by atoms with Gasteiger partial charge in [0.15, 0.2) is 5.82 Å². The van der Waals surface area contributed by atoms with E-state index in [1.807, 2.05) is 48.5 Å². The van der Waals surface area contributed by atoms with Crippen LogP contribution < -0.4 is 14.8 Å². The third kappa shape index (κ3) is 3.87. The third-order valence-corrected chi connectivity index (χ3v) is 5.07. The van der Waals surface area contributed by atoms with Crippen molar-refractivity contribution in [2.75, 3.05) is 19.5 Å². The van der Waals surface area contributed by atoms with Gasteiger partial charge in [-0.3, -0.25) is 9.89 Å². The maximum absolute atomic E-state index is 12.4. The van der Waals surface area contributed by atoms with E-state index in [4.69, 9.17) is 9.47 Å². The number of rotatable bonds is 7. The highest BCUT2D eigenvalue weighted by molar-refractivity contribution is 5.92. The number of nitrogens with one attached hydrogen (secondary N) is 2. The zero-order chi connectivity index (χ0) is 21.1. The lowest BCUT2D eigenvalue weighted by atomic mass is 10.1. The molecule has 154 valence electrons. The van der Waals surface area contributed by atoms with E-state index in [2.05, 4.69) is 33.1 Å². The van der Waals surface area contributed by atoms with Crippen LogP contribution in [0.4, 0.5) is 5.82 Å². The van der Waals surface area contributed by atoms with Crippen LogP contribution in [-0.2, 0) is 17.8 Å². The number of aromatic nitrogens is 3. The standard InChI is InChI=1S/C23H24N4O3/c1-4-27-20-13-18(30-3)10-7-16(20)12-21(27)19-14-22(26-25-19)24-23(28)11-15-5-8-17(29-2)9-6-15/h5-10,12-14H,4,11H2,1-3H3,(H2,24,25,26,28). The SMILES string of the molecule is CCn1c(-c2cc(NC(=O)Cc3ccc(OC)cc3)n[nH]2)cc2ccc(OC)cc21. The molecule has 0 radical (unpaired) electrons. The predicted octanol–water partition coefficient (Wildman–Crippen LogP) is 4.25. The fraction of sp³-hybridized carbons (Fsp3) is 0.217. The topological polar surface area (TPSA) is 81.2 Å². The van der Waals surface area contributed by atoms with Crippen LogP contribution in [-0.4, -0.2) is 34.9 Å². The summed E-state index contributed by atoms with van der Waals surface area (Å²) in [4.78, 5) is 12.4. The van der Waals surface area contributed by atoms with E-state index < -0.39 is 0 Å². The van der Waals surface area contributed by atoms with E-state index in [1.54, 1.807) is 14.2 Å². The molecule has 30 heavy (non-hydrogen) atoms. The Morgan fingerprint density at radius 2 is 1.77 bits per heavy atom. The van der Waals surface area contributed by atoms with E-state index in [0.717, 1.165) is 45.9 Å². The van der Waals surface area contributed by atoms with Gasteiger partial charge in [0, 0.05) is 24.1 Å². The first kappa shape index (κ1) is 19.6.